The van der Waals surface area contributed by atoms with E-state index in [9.17, 15) is 9.59 Å². The summed E-state index contributed by atoms with van der Waals surface area (Å²) in [6.45, 7) is 6.07. The molecule has 0 spiro atoms. The molecule has 3 amide bonds. The van der Waals surface area contributed by atoms with E-state index in [1.807, 2.05) is 13.8 Å². The molecule has 0 bridgehead atoms. The number of nitrogens with one attached hydrogen (secondary N) is 1. The Bertz CT molecular complexity index is 317. The molecule has 1 N–H and O–H groups in total. The van der Waals surface area contributed by atoms with Crippen LogP contribution in [-0.2, 0) is 4.79 Å². The second-order valence-electron chi connectivity index (χ2n) is 5.22. The molecule has 104 valence electrons. The van der Waals surface area contributed by atoms with Crippen LogP contribution in [0.25, 0.3) is 0 Å². The molecular formula is C13H25N3O2. The van der Waals surface area contributed by atoms with E-state index in [-0.39, 0.29) is 30.1 Å². The fraction of sp³-hybridized carbons (Fsp3) is 0.846. The lowest BCUT2D eigenvalue weighted by Crippen LogP contribution is -2.49. The summed E-state index contributed by atoms with van der Waals surface area (Å²) in [4.78, 5) is 27.7. The van der Waals surface area contributed by atoms with E-state index < -0.39 is 0 Å². The average Bonchev–Trinajstić information content (AvgIpc) is 2.59. The SMILES string of the molecule is CCCCC1N(C)C(=O)C(C(C)C)N1C(=O)NC. The normalized spacial score (nSPS) is 24.0. The minimum Gasteiger partial charge on any atom is -0.341 e. The number of hydrogen-bond acceptors (Lipinski definition) is 2. The molecule has 1 saturated heterocycles. The zero-order valence-electron chi connectivity index (χ0n) is 12.1. The van der Waals surface area contributed by atoms with Gasteiger partial charge in [0.25, 0.3) is 0 Å². The van der Waals surface area contributed by atoms with Gasteiger partial charge in [-0.15, -0.1) is 0 Å². The summed E-state index contributed by atoms with van der Waals surface area (Å²) in [5, 5.41) is 2.65. The fourth-order valence-corrected chi connectivity index (χ4v) is 2.56. The zero-order chi connectivity index (χ0) is 13.9. The standard InChI is InChI=1S/C13H25N3O2/c1-6-7-8-10-15(5)12(17)11(9(2)3)16(10)13(18)14-4/h9-11H,6-8H2,1-5H3,(H,14,18). The van der Waals surface area contributed by atoms with Gasteiger partial charge in [-0.05, 0) is 18.8 Å². The van der Waals surface area contributed by atoms with Crippen LogP contribution in [0.3, 0.4) is 0 Å². The van der Waals surface area contributed by atoms with E-state index in [0.29, 0.717) is 0 Å². The first-order valence-electron chi connectivity index (χ1n) is 6.72. The molecule has 5 nitrogen and oxygen atoms in total. The van der Waals surface area contributed by atoms with Gasteiger partial charge in [0, 0.05) is 14.1 Å². The zero-order valence-corrected chi connectivity index (χ0v) is 12.1. The molecule has 1 rings (SSSR count). The van der Waals surface area contributed by atoms with Crippen LogP contribution in [0, 0.1) is 5.92 Å². The number of likely N-dealkylation sites (N-methyl/N-ethyl adjacent to an activating group) is 1. The van der Waals surface area contributed by atoms with Crippen molar-refractivity contribution in [1.82, 2.24) is 15.1 Å². The molecule has 0 aromatic heterocycles. The number of amides is 3. The van der Waals surface area contributed by atoms with Gasteiger partial charge in [-0.1, -0.05) is 27.2 Å². The number of unbranched alkanes of at least 4 members (excludes halogenated alkanes) is 1. The van der Waals surface area contributed by atoms with Crippen LogP contribution in [-0.4, -0.2) is 48.0 Å². The van der Waals surface area contributed by atoms with Crippen LogP contribution in [0.1, 0.15) is 40.0 Å². The summed E-state index contributed by atoms with van der Waals surface area (Å²) >= 11 is 0. The molecule has 1 aliphatic heterocycles. The Labute approximate surface area is 110 Å². The molecule has 2 unspecified atom stereocenters. The summed E-state index contributed by atoms with van der Waals surface area (Å²) in [6, 6.07) is -0.496. The minimum atomic E-state index is -0.336. The van der Waals surface area contributed by atoms with Crippen molar-refractivity contribution in [2.24, 2.45) is 5.92 Å². The number of carbonyl (C=O) groups is 2. The quantitative estimate of drug-likeness (QED) is 0.830. The van der Waals surface area contributed by atoms with Crippen molar-refractivity contribution in [1.29, 1.82) is 0 Å². The van der Waals surface area contributed by atoms with Crippen molar-refractivity contribution in [3.63, 3.8) is 0 Å². The second kappa shape index (κ2) is 6.07. The van der Waals surface area contributed by atoms with Crippen molar-refractivity contribution < 1.29 is 9.59 Å². The highest BCUT2D eigenvalue weighted by Crippen LogP contribution is 2.28. The molecule has 0 aromatic rings. The van der Waals surface area contributed by atoms with Gasteiger partial charge in [-0.2, -0.15) is 0 Å². The van der Waals surface area contributed by atoms with Crippen molar-refractivity contribution in [3.8, 4) is 0 Å². The van der Waals surface area contributed by atoms with Crippen molar-refractivity contribution in [3.05, 3.63) is 0 Å². The number of carbonyl (C=O) groups excluding carboxylic acids is 2. The van der Waals surface area contributed by atoms with Crippen LogP contribution < -0.4 is 5.32 Å². The molecular weight excluding hydrogens is 230 g/mol. The molecule has 0 saturated carbocycles. The summed E-state index contributed by atoms with van der Waals surface area (Å²) < 4.78 is 0. The predicted octanol–water partition coefficient (Wildman–Crippen LogP) is 1.64. The van der Waals surface area contributed by atoms with Crippen LogP contribution in [0.15, 0.2) is 0 Å². The third-order valence-electron chi connectivity index (χ3n) is 3.56. The first kappa shape index (κ1) is 14.8. The number of urea groups is 1. The first-order chi connectivity index (χ1) is 8.45. The Morgan fingerprint density at radius 1 is 1.44 bits per heavy atom. The Kier molecular flexibility index (Phi) is 4.99. The molecule has 0 radical (unpaired) electrons. The number of rotatable bonds is 4. The van der Waals surface area contributed by atoms with Gasteiger partial charge in [0.2, 0.25) is 5.91 Å². The van der Waals surface area contributed by atoms with E-state index in [2.05, 4.69) is 12.2 Å². The smallest absolute Gasteiger partial charge is 0.319 e. The lowest BCUT2D eigenvalue weighted by molar-refractivity contribution is -0.129. The Morgan fingerprint density at radius 3 is 2.50 bits per heavy atom. The van der Waals surface area contributed by atoms with E-state index >= 15 is 0 Å². The lowest BCUT2D eigenvalue weighted by Gasteiger charge is -2.30. The third kappa shape index (κ3) is 2.60. The highest BCUT2D eigenvalue weighted by atomic mass is 16.2. The van der Waals surface area contributed by atoms with Crippen molar-refractivity contribution in [2.45, 2.75) is 52.2 Å². The van der Waals surface area contributed by atoms with E-state index in [4.69, 9.17) is 0 Å². The number of nitrogens with zero attached hydrogens (tertiary/aromatic N) is 2. The highest BCUT2D eigenvalue weighted by Gasteiger charge is 2.47. The molecule has 2 atom stereocenters. The molecule has 1 heterocycles. The van der Waals surface area contributed by atoms with E-state index in [1.54, 1.807) is 23.9 Å². The van der Waals surface area contributed by atoms with Gasteiger partial charge in [0.1, 0.15) is 12.2 Å². The summed E-state index contributed by atoms with van der Waals surface area (Å²) in [5.74, 6) is 0.179. The highest BCUT2D eigenvalue weighted by molar-refractivity contribution is 5.90. The topological polar surface area (TPSA) is 52.7 Å². The third-order valence-corrected chi connectivity index (χ3v) is 3.56. The molecule has 5 heteroatoms. The van der Waals surface area contributed by atoms with E-state index in [0.717, 1.165) is 19.3 Å². The van der Waals surface area contributed by atoms with Gasteiger partial charge >= 0.3 is 6.03 Å². The summed E-state index contributed by atoms with van der Waals surface area (Å²) in [7, 11) is 3.40. The minimum absolute atomic E-state index is 0.0507. The molecule has 1 fully saturated rings. The van der Waals surface area contributed by atoms with Gasteiger partial charge < -0.3 is 10.2 Å². The number of hydrogen-bond donors (Lipinski definition) is 1. The van der Waals surface area contributed by atoms with Crippen LogP contribution in [0.2, 0.25) is 0 Å². The summed E-state index contributed by atoms with van der Waals surface area (Å²) in [6.07, 6.45) is 2.81. The van der Waals surface area contributed by atoms with Crippen LogP contribution in [0.4, 0.5) is 4.79 Å². The van der Waals surface area contributed by atoms with Crippen LogP contribution in [0.5, 0.6) is 0 Å². The molecule has 1 aliphatic rings. The maximum absolute atomic E-state index is 12.3. The van der Waals surface area contributed by atoms with Gasteiger partial charge in [0.15, 0.2) is 0 Å². The maximum atomic E-state index is 12.3. The Hall–Kier alpha value is -1.26. The van der Waals surface area contributed by atoms with Crippen molar-refractivity contribution in [2.75, 3.05) is 14.1 Å². The Morgan fingerprint density at radius 2 is 2.06 bits per heavy atom. The predicted molar refractivity (Wildman–Crippen MR) is 71.0 cm³/mol. The lowest BCUT2D eigenvalue weighted by atomic mass is 10.0. The van der Waals surface area contributed by atoms with Gasteiger partial charge in [-0.3, -0.25) is 9.69 Å². The maximum Gasteiger partial charge on any atom is 0.319 e. The molecule has 18 heavy (non-hydrogen) atoms. The monoisotopic (exact) mass is 255 g/mol. The van der Waals surface area contributed by atoms with E-state index in [1.165, 1.54) is 0 Å². The second-order valence-corrected chi connectivity index (χ2v) is 5.22. The summed E-state index contributed by atoms with van der Waals surface area (Å²) in [5.41, 5.74) is 0. The Balaban J connectivity index is 2.99. The van der Waals surface area contributed by atoms with Gasteiger partial charge in [-0.25, -0.2) is 4.79 Å². The first-order valence-corrected chi connectivity index (χ1v) is 6.72. The van der Waals surface area contributed by atoms with Gasteiger partial charge in [0.05, 0.1) is 0 Å². The van der Waals surface area contributed by atoms with Crippen molar-refractivity contribution >= 4 is 11.9 Å². The molecule has 0 aliphatic carbocycles. The molecule has 0 aromatic carbocycles. The average molecular weight is 255 g/mol. The largest absolute Gasteiger partial charge is 0.341 e. The fourth-order valence-electron chi connectivity index (χ4n) is 2.56. The van der Waals surface area contributed by atoms with Crippen LogP contribution >= 0.6 is 0 Å².